The summed E-state index contributed by atoms with van der Waals surface area (Å²) in [5.74, 6) is 0.773. The minimum Gasteiger partial charge on any atom is -0.497 e. The summed E-state index contributed by atoms with van der Waals surface area (Å²) in [7, 11) is 1.64. The highest BCUT2D eigenvalue weighted by molar-refractivity contribution is 7.10. The fourth-order valence-corrected chi connectivity index (χ4v) is 3.18. The molecule has 2 unspecified atom stereocenters. The van der Waals surface area contributed by atoms with E-state index in [0.717, 1.165) is 24.2 Å². The van der Waals surface area contributed by atoms with Crippen molar-refractivity contribution in [2.24, 2.45) is 0 Å². The molecule has 0 aliphatic carbocycles. The van der Waals surface area contributed by atoms with E-state index in [9.17, 15) is 5.11 Å². The van der Waals surface area contributed by atoms with Crippen molar-refractivity contribution >= 4 is 11.3 Å². The minimum atomic E-state index is -0.528. The number of methoxy groups -OCH3 is 1. The van der Waals surface area contributed by atoms with Crippen molar-refractivity contribution < 1.29 is 9.84 Å². The van der Waals surface area contributed by atoms with Gasteiger partial charge in [-0.1, -0.05) is 31.5 Å². The van der Waals surface area contributed by atoms with E-state index in [0.29, 0.717) is 12.6 Å². The monoisotopic (exact) mass is 305 g/mol. The molecular formula is C17H23NO2S. The third kappa shape index (κ3) is 4.56. The van der Waals surface area contributed by atoms with Crippen LogP contribution in [-0.2, 0) is 0 Å². The molecule has 0 radical (unpaired) electrons. The van der Waals surface area contributed by atoms with Gasteiger partial charge in [0.2, 0.25) is 0 Å². The molecule has 114 valence electrons. The van der Waals surface area contributed by atoms with Crippen LogP contribution in [0.3, 0.4) is 0 Å². The molecule has 2 atom stereocenters. The van der Waals surface area contributed by atoms with Gasteiger partial charge in [0.25, 0.3) is 0 Å². The van der Waals surface area contributed by atoms with Crippen LogP contribution in [0.25, 0.3) is 0 Å². The minimum absolute atomic E-state index is 0.315. The van der Waals surface area contributed by atoms with E-state index in [1.807, 2.05) is 24.3 Å². The first-order chi connectivity index (χ1) is 10.2. The summed E-state index contributed by atoms with van der Waals surface area (Å²) in [5, 5.41) is 15.9. The molecule has 3 nitrogen and oxygen atoms in total. The zero-order valence-electron chi connectivity index (χ0n) is 12.6. The Kier molecular flexibility index (Phi) is 6.23. The second-order valence-electron chi connectivity index (χ2n) is 5.06. The van der Waals surface area contributed by atoms with Gasteiger partial charge in [-0.3, -0.25) is 0 Å². The van der Waals surface area contributed by atoms with Crippen LogP contribution in [0.2, 0.25) is 0 Å². The zero-order chi connectivity index (χ0) is 15.1. The first kappa shape index (κ1) is 16.0. The van der Waals surface area contributed by atoms with Crippen molar-refractivity contribution in [1.82, 2.24) is 5.32 Å². The number of hydrogen-bond donors (Lipinski definition) is 2. The van der Waals surface area contributed by atoms with E-state index in [-0.39, 0.29) is 0 Å². The Labute approximate surface area is 130 Å². The molecule has 0 amide bonds. The normalized spacial score (nSPS) is 13.9. The quantitative estimate of drug-likeness (QED) is 0.776. The maximum Gasteiger partial charge on any atom is 0.119 e. The fraction of sp³-hybridized carbons (Fsp3) is 0.412. The van der Waals surface area contributed by atoms with E-state index in [4.69, 9.17) is 4.74 Å². The number of hydrogen-bond acceptors (Lipinski definition) is 4. The number of rotatable bonds is 8. The van der Waals surface area contributed by atoms with E-state index >= 15 is 0 Å². The second kappa shape index (κ2) is 8.17. The molecule has 2 rings (SSSR count). The van der Waals surface area contributed by atoms with E-state index in [1.165, 1.54) is 4.88 Å². The van der Waals surface area contributed by atoms with E-state index in [2.05, 4.69) is 29.8 Å². The molecule has 21 heavy (non-hydrogen) atoms. The number of aliphatic hydroxyl groups excluding tert-OH is 1. The summed E-state index contributed by atoms with van der Waals surface area (Å²) in [6.45, 7) is 2.72. The first-order valence-corrected chi connectivity index (χ1v) is 8.21. The topological polar surface area (TPSA) is 41.5 Å². The third-order valence-corrected chi connectivity index (χ3v) is 4.49. The van der Waals surface area contributed by atoms with Gasteiger partial charge in [-0.05, 0) is 35.6 Å². The molecule has 1 aromatic heterocycles. The zero-order valence-corrected chi connectivity index (χ0v) is 13.4. The summed E-state index contributed by atoms with van der Waals surface area (Å²) >= 11 is 1.76. The molecule has 1 aromatic carbocycles. The highest BCUT2D eigenvalue weighted by Gasteiger charge is 2.14. The Balaban J connectivity index is 1.96. The smallest absolute Gasteiger partial charge is 0.119 e. The molecular weight excluding hydrogens is 282 g/mol. The number of nitrogens with one attached hydrogen (secondary N) is 1. The summed E-state index contributed by atoms with van der Waals surface area (Å²) < 4.78 is 5.20. The molecule has 0 saturated carbocycles. The number of thiophene rings is 1. The van der Waals surface area contributed by atoms with Crippen LogP contribution in [-0.4, -0.2) is 18.8 Å². The van der Waals surface area contributed by atoms with Gasteiger partial charge in [0.05, 0.1) is 13.2 Å². The Hall–Kier alpha value is -1.36. The molecule has 2 aromatic rings. The average molecular weight is 305 g/mol. The third-order valence-electron chi connectivity index (χ3n) is 3.50. The summed E-state index contributed by atoms with van der Waals surface area (Å²) in [5.41, 5.74) is 0.878. The van der Waals surface area contributed by atoms with E-state index < -0.39 is 6.10 Å². The lowest BCUT2D eigenvalue weighted by Gasteiger charge is -2.20. The predicted octanol–water partition coefficient (Wildman–Crippen LogP) is 3.92. The van der Waals surface area contributed by atoms with E-state index in [1.54, 1.807) is 18.4 Å². The van der Waals surface area contributed by atoms with Crippen molar-refractivity contribution in [3.63, 3.8) is 0 Å². The molecule has 2 N–H and O–H groups in total. The van der Waals surface area contributed by atoms with Crippen molar-refractivity contribution in [3.05, 3.63) is 52.2 Å². The number of ether oxygens (including phenoxy) is 1. The van der Waals surface area contributed by atoms with Crippen LogP contribution in [0.5, 0.6) is 5.75 Å². The Morgan fingerprint density at radius 3 is 2.81 bits per heavy atom. The van der Waals surface area contributed by atoms with Gasteiger partial charge in [-0.2, -0.15) is 0 Å². The van der Waals surface area contributed by atoms with Crippen molar-refractivity contribution in [1.29, 1.82) is 0 Å². The maximum absolute atomic E-state index is 10.3. The Morgan fingerprint density at radius 1 is 1.29 bits per heavy atom. The molecule has 0 saturated heterocycles. The molecule has 0 aliphatic heterocycles. The fourth-order valence-electron chi connectivity index (χ4n) is 2.34. The van der Waals surface area contributed by atoms with Crippen LogP contribution < -0.4 is 10.1 Å². The summed E-state index contributed by atoms with van der Waals surface area (Å²) in [6, 6.07) is 12.1. The Bertz CT molecular complexity index is 527. The van der Waals surface area contributed by atoms with Gasteiger partial charge in [0.1, 0.15) is 5.75 Å². The van der Waals surface area contributed by atoms with Gasteiger partial charge < -0.3 is 15.2 Å². The van der Waals surface area contributed by atoms with Crippen molar-refractivity contribution in [2.75, 3.05) is 13.7 Å². The second-order valence-corrected chi connectivity index (χ2v) is 6.04. The largest absolute Gasteiger partial charge is 0.497 e. The number of aliphatic hydroxyl groups is 1. The molecule has 0 aliphatic rings. The van der Waals surface area contributed by atoms with Crippen LogP contribution in [0.4, 0.5) is 0 Å². The van der Waals surface area contributed by atoms with Gasteiger partial charge in [0.15, 0.2) is 0 Å². The maximum atomic E-state index is 10.3. The highest BCUT2D eigenvalue weighted by Crippen LogP contribution is 2.24. The predicted molar refractivity (Wildman–Crippen MR) is 87.9 cm³/mol. The molecule has 0 spiro atoms. The van der Waals surface area contributed by atoms with Gasteiger partial charge in [-0.15, -0.1) is 11.3 Å². The molecule has 1 heterocycles. The van der Waals surface area contributed by atoms with Gasteiger partial charge in [-0.25, -0.2) is 0 Å². The van der Waals surface area contributed by atoms with Crippen molar-refractivity contribution in [3.8, 4) is 5.75 Å². The molecule has 0 fully saturated rings. The summed E-state index contributed by atoms with van der Waals surface area (Å²) in [6.07, 6.45) is 1.66. The van der Waals surface area contributed by atoms with Crippen LogP contribution in [0.15, 0.2) is 41.8 Å². The number of benzene rings is 1. The van der Waals surface area contributed by atoms with Gasteiger partial charge in [0, 0.05) is 17.5 Å². The first-order valence-electron chi connectivity index (χ1n) is 7.33. The summed E-state index contributed by atoms with van der Waals surface area (Å²) in [4.78, 5) is 1.33. The van der Waals surface area contributed by atoms with Crippen LogP contribution >= 0.6 is 11.3 Å². The lowest BCUT2D eigenvalue weighted by atomic mass is 10.1. The Morgan fingerprint density at radius 2 is 2.14 bits per heavy atom. The SMILES string of the molecule is CCCC(NCC(O)c1cccc(OC)c1)c1cccs1. The van der Waals surface area contributed by atoms with Gasteiger partial charge >= 0.3 is 0 Å². The van der Waals surface area contributed by atoms with Crippen LogP contribution in [0, 0.1) is 0 Å². The lowest BCUT2D eigenvalue weighted by molar-refractivity contribution is 0.168. The highest BCUT2D eigenvalue weighted by atomic mass is 32.1. The molecule has 4 heteroatoms. The van der Waals surface area contributed by atoms with Crippen molar-refractivity contribution in [2.45, 2.75) is 31.9 Å². The standard InChI is InChI=1S/C17H23NO2S/c1-3-6-15(17-9-5-10-21-17)18-12-16(19)13-7-4-8-14(11-13)20-2/h4-5,7-11,15-16,18-19H,3,6,12H2,1-2H3. The average Bonchev–Trinajstić information content (AvgIpc) is 3.05. The molecule has 0 bridgehead atoms. The lowest BCUT2D eigenvalue weighted by Crippen LogP contribution is -2.26. The van der Waals surface area contributed by atoms with Crippen LogP contribution in [0.1, 0.15) is 42.4 Å².